The molecule has 0 spiro atoms. The molecule has 0 aliphatic carbocycles. The van der Waals surface area contributed by atoms with Gasteiger partial charge in [-0.15, -0.1) is 13.2 Å². The number of ether oxygens (including phenoxy) is 2. The van der Waals surface area contributed by atoms with Crippen molar-refractivity contribution in [3.8, 4) is 5.75 Å². The molecule has 3 amide bonds. The van der Waals surface area contributed by atoms with Gasteiger partial charge in [-0.25, -0.2) is 9.18 Å². The Morgan fingerprint density at radius 3 is 2.33 bits per heavy atom. The summed E-state index contributed by atoms with van der Waals surface area (Å²) in [6, 6.07) is 2.76. The Morgan fingerprint density at radius 2 is 1.77 bits per heavy atom. The van der Waals surface area contributed by atoms with E-state index in [-0.39, 0.29) is 30.2 Å². The Balaban J connectivity index is 1.44. The topological polar surface area (TPSA) is 85.1 Å². The minimum Gasteiger partial charge on any atom is -0.406 e. The van der Waals surface area contributed by atoms with Crippen molar-refractivity contribution in [2.45, 2.75) is 38.3 Å². The van der Waals surface area contributed by atoms with Crippen molar-refractivity contribution in [1.82, 2.24) is 9.80 Å². The van der Waals surface area contributed by atoms with Gasteiger partial charge in [0.25, 0.3) is 0 Å². The highest BCUT2D eigenvalue weighted by Crippen LogP contribution is 2.26. The number of halogens is 4. The van der Waals surface area contributed by atoms with Crippen molar-refractivity contribution in [2.24, 2.45) is 11.7 Å². The summed E-state index contributed by atoms with van der Waals surface area (Å²) in [5, 5.41) is 0. The van der Waals surface area contributed by atoms with E-state index in [2.05, 4.69) is 4.74 Å². The number of primary amides is 1. The number of hydrogen-bond acceptors (Lipinski definition) is 4. The molecule has 166 valence electrons. The zero-order valence-electron chi connectivity index (χ0n) is 16.2. The van der Waals surface area contributed by atoms with Crippen LogP contribution in [0, 0.1) is 11.7 Å². The van der Waals surface area contributed by atoms with Crippen LogP contribution in [0.2, 0.25) is 0 Å². The van der Waals surface area contributed by atoms with Gasteiger partial charge in [0.2, 0.25) is 5.91 Å². The van der Waals surface area contributed by atoms with Crippen molar-refractivity contribution in [1.29, 1.82) is 0 Å². The first-order valence-corrected chi connectivity index (χ1v) is 9.61. The van der Waals surface area contributed by atoms with E-state index in [0.717, 1.165) is 6.07 Å². The lowest BCUT2D eigenvalue weighted by Gasteiger charge is -2.34. The van der Waals surface area contributed by atoms with Gasteiger partial charge in [0, 0.05) is 37.8 Å². The van der Waals surface area contributed by atoms with E-state index < -0.39 is 23.8 Å². The SMILES string of the molecule is NC(=O)[C@H]1CCN(C(=O)N2CCC(OCc3ccc(OC(F)(F)F)cc3F)CC2)C1. The molecule has 2 N–H and O–H groups in total. The minimum absolute atomic E-state index is 0.0941. The molecule has 1 aromatic rings. The molecule has 2 fully saturated rings. The third kappa shape index (κ3) is 5.74. The number of nitrogens with two attached hydrogens (primary N) is 1. The van der Waals surface area contributed by atoms with Gasteiger partial charge in [0.05, 0.1) is 18.6 Å². The second-order valence-corrected chi connectivity index (χ2v) is 7.41. The zero-order valence-corrected chi connectivity index (χ0v) is 16.2. The number of carbonyl (C=O) groups is 2. The largest absolute Gasteiger partial charge is 0.573 e. The molecule has 30 heavy (non-hydrogen) atoms. The molecule has 2 aliphatic heterocycles. The fourth-order valence-electron chi connectivity index (χ4n) is 3.63. The third-order valence-electron chi connectivity index (χ3n) is 5.31. The van der Waals surface area contributed by atoms with Gasteiger partial charge in [-0.2, -0.15) is 0 Å². The van der Waals surface area contributed by atoms with E-state index in [1.165, 1.54) is 6.07 Å². The number of carbonyl (C=O) groups excluding carboxylic acids is 2. The molecule has 2 saturated heterocycles. The Kier molecular flexibility index (Phi) is 6.69. The normalized spacial score (nSPS) is 20.5. The van der Waals surface area contributed by atoms with Crippen LogP contribution in [-0.2, 0) is 16.1 Å². The molecule has 7 nitrogen and oxygen atoms in total. The molecule has 2 aliphatic rings. The van der Waals surface area contributed by atoms with E-state index in [1.807, 2.05) is 0 Å². The van der Waals surface area contributed by atoms with Crippen molar-refractivity contribution in [3.63, 3.8) is 0 Å². The maximum absolute atomic E-state index is 14.0. The van der Waals surface area contributed by atoms with Crippen molar-refractivity contribution < 1.29 is 36.6 Å². The van der Waals surface area contributed by atoms with Crippen LogP contribution in [0.1, 0.15) is 24.8 Å². The van der Waals surface area contributed by atoms with Gasteiger partial charge < -0.3 is 25.0 Å². The van der Waals surface area contributed by atoms with E-state index in [9.17, 15) is 27.2 Å². The van der Waals surface area contributed by atoms with Gasteiger partial charge >= 0.3 is 12.4 Å². The average Bonchev–Trinajstić information content (AvgIpc) is 3.16. The van der Waals surface area contributed by atoms with Gasteiger partial charge in [-0.1, -0.05) is 6.07 Å². The molecule has 1 atom stereocenters. The summed E-state index contributed by atoms with van der Waals surface area (Å²) in [5.41, 5.74) is 5.42. The Labute approximate surface area is 170 Å². The molecule has 0 bridgehead atoms. The number of urea groups is 1. The smallest absolute Gasteiger partial charge is 0.406 e. The minimum atomic E-state index is -4.88. The van der Waals surface area contributed by atoms with Crippen LogP contribution in [0.25, 0.3) is 0 Å². The van der Waals surface area contributed by atoms with Crippen LogP contribution in [0.5, 0.6) is 5.75 Å². The first-order valence-electron chi connectivity index (χ1n) is 9.61. The maximum atomic E-state index is 14.0. The van der Waals surface area contributed by atoms with Gasteiger partial charge in [-0.05, 0) is 25.3 Å². The quantitative estimate of drug-likeness (QED) is 0.724. The molecule has 0 unspecified atom stereocenters. The summed E-state index contributed by atoms with van der Waals surface area (Å²) >= 11 is 0. The predicted molar refractivity (Wildman–Crippen MR) is 96.7 cm³/mol. The number of piperidine rings is 1. The molecular weight excluding hydrogens is 410 g/mol. The third-order valence-corrected chi connectivity index (χ3v) is 5.31. The second-order valence-electron chi connectivity index (χ2n) is 7.41. The molecule has 1 aromatic carbocycles. The van der Waals surface area contributed by atoms with Crippen molar-refractivity contribution >= 4 is 11.9 Å². The number of hydrogen-bond donors (Lipinski definition) is 1. The standard InChI is InChI=1S/C19H23F4N3O4/c20-16-9-15(30-19(21,22)23)2-1-13(16)11-29-14-4-7-25(8-5-14)18(28)26-6-3-12(10-26)17(24)27/h1-2,9,12,14H,3-8,10-11H2,(H2,24,27)/t12-/m0/s1. The summed E-state index contributed by atoms with van der Waals surface area (Å²) in [5.74, 6) is -2.18. The van der Waals surface area contributed by atoms with Crippen LogP contribution in [0.4, 0.5) is 22.4 Å². The van der Waals surface area contributed by atoms with E-state index >= 15 is 0 Å². The lowest BCUT2D eigenvalue weighted by Crippen LogP contribution is -2.47. The lowest BCUT2D eigenvalue weighted by molar-refractivity contribution is -0.274. The fourth-order valence-corrected chi connectivity index (χ4v) is 3.63. The van der Waals surface area contributed by atoms with Crippen LogP contribution >= 0.6 is 0 Å². The second kappa shape index (κ2) is 9.07. The highest BCUT2D eigenvalue weighted by molar-refractivity contribution is 5.80. The number of likely N-dealkylation sites (tertiary alicyclic amines) is 2. The van der Waals surface area contributed by atoms with Crippen molar-refractivity contribution in [2.75, 3.05) is 26.2 Å². The molecule has 3 rings (SSSR count). The lowest BCUT2D eigenvalue weighted by atomic mass is 10.1. The van der Waals surface area contributed by atoms with Gasteiger partial charge in [0.15, 0.2) is 0 Å². The molecule has 0 aromatic heterocycles. The summed E-state index contributed by atoms with van der Waals surface area (Å²) in [7, 11) is 0. The number of rotatable bonds is 5. The zero-order chi connectivity index (χ0) is 21.9. The highest BCUT2D eigenvalue weighted by Gasteiger charge is 2.34. The first-order chi connectivity index (χ1) is 14.1. The Bertz CT molecular complexity index is 782. The molecule has 0 radical (unpaired) electrons. The fraction of sp³-hybridized carbons (Fsp3) is 0.579. The summed E-state index contributed by atoms with van der Waals surface area (Å²) < 4.78 is 59.9. The maximum Gasteiger partial charge on any atom is 0.573 e. The average molecular weight is 433 g/mol. The van der Waals surface area contributed by atoms with Crippen LogP contribution in [-0.4, -0.2) is 60.4 Å². The van der Waals surface area contributed by atoms with Gasteiger partial charge in [-0.3, -0.25) is 4.79 Å². The summed E-state index contributed by atoms with van der Waals surface area (Å²) in [6.07, 6.45) is -3.41. The van der Waals surface area contributed by atoms with Crippen molar-refractivity contribution in [3.05, 3.63) is 29.6 Å². The molecule has 0 saturated carbocycles. The Morgan fingerprint density at radius 1 is 1.10 bits per heavy atom. The van der Waals surface area contributed by atoms with Crippen LogP contribution in [0.15, 0.2) is 18.2 Å². The number of benzene rings is 1. The highest BCUT2D eigenvalue weighted by atomic mass is 19.4. The predicted octanol–water partition coefficient (Wildman–Crippen LogP) is 2.63. The summed E-state index contributed by atoms with van der Waals surface area (Å²) in [4.78, 5) is 27.1. The molecule has 11 heteroatoms. The van der Waals surface area contributed by atoms with E-state index in [4.69, 9.17) is 10.5 Å². The van der Waals surface area contributed by atoms with Crippen LogP contribution in [0.3, 0.4) is 0 Å². The number of alkyl halides is 3. The first kappa shape index (κ1) is 22.1. The number of nitrogens with zero attached hydrogens (tertiary/aromatic N) is 2. The Hall–Kier alpha value is -2.56. The monoisotopic (exact) mass is 433 g/mol. The number of amides is 3. The van der Waals surface area contributed by atoms with E-state index in [1.54, 1.807) is 9.80 Å². The molecule has 2 heterocycles. The molecular formula is C19H23F4N3O4. The van der Waals surface area contributed by atoms with E-state index in [0.29, 0.717) is 51.5 Å². The summed E-state index contributed by atoms with van der Waals surface area (Å²) in [6.45, 7) is 1.65. The van der Waals surface area contributed by atoms with Crippen LogP contribution < -0.4 is 10.5 Å². The van der Waals surface area contributed by atoms with Gasteiger partial charge in [0.1, 0.15) is 11.6 Å².